The van der Waals surface area contributed by atoms with Crippen LogP contribution in [0.3, 0.4) is 0 Å². The third-order valence-corrected chi connectivity index (χ3v) is 4.03. The first-order valence-corrected chi connectivity index (χ1v) is 6.94. The van der Waals surface area contributed by atoms with E-state index in [4.69, 9.17) is 0 Å². The molecule has 4 heteroatoms. The molecule has 1 aromatic carbocycles. The standard InChI is InChI=1S/C13H14BrNS.ClH/c14-13-7-6-12(16-13)8-9-15-10-11-4-2-1-3-5-11;/h1-7,15H,8-10H2;1H. The van der Waals surface area contributed by atoms with Crippen LogP contribution in [-0.2, 0) is 13.0 Å². The van der Waals surface area contributed by atoms with Crippen molar-refractivity contribution in [3.05, 3.63) is 56.7 Å². The maximum atomic E-state index is 3.48. The second-order valence-electron chi connectivity index (χ2n) is 3.62. The van der Waals surface area contributed by atoms with Crippen molar-refractivity contribution in [1.29, 1.82) is 0 Å². The van der Waals surface area contributed by atoms with Crippen LogP contribution in [-0.4, -0.2) is 6.54 Å². The van der Waals surface area contributed by atoms with Crippen LogP contribution in [0.1, 0.15) is 10.4 Å². The second-order valence-corrected chi connectivity index (χ2v) is 6.17. The van der Waals surface area contributed by atoms with Crippen LogP contribution in [0, 0.1) is 0 Å². The Hall–Kier alpha value is -0.350. The molecule has 0 aliphatic heterocycles. The summed E-state index contributed by atoms with van der Waals surface area (Å²) < 4.78 is 1.21. The molecule has 17 heavy (non-hydrogen) atoms. The summed E-state index contributed by atoms with van der Waals surface area (Å²) in [7, 11) is 0. The van der Waals surface area contributed by atoms with Gasteiger partial charge in [-0.1, -0.05) is 30.3 Å². The topological polar surface area (TPSA) is 12.0 Å². The van der Waals surface area contributed by atoms with Gasteiger partial charge in [-0.15, -0.1) is 23.7 Å². The highest BCUT2D eigenvalue weighted by Gasteiger charge is 1.97. The van der Waals surface area contributed by atoms with Gasteiger partial charge in [0, 0.05) is 18.0 Å². The van der Waals surface area contributed by atoms with E-state index in [2.05, 4.69) is 57.6 Å². The third-order valence-electron chi connectivity index (χ3n) is 2.35. The van der Waals surface area contributed by atoms with Crippen molar-refractivity contribution in [2.24, 2.45) is 0 Å². The lowest BCUT2D eigenvalue weighted by molar-refractivity contribution is 0.690. The second kappa shape index (κ2) is 7.88. The fourth-order valence-corrected chi connectivity index (χ4v) is 3.01. The summed E-state index contributed by atoms with van der Waals surface area (Å²) in [4.78, 5) is 1.42. The van der Waals surface area contributed by atoms with E-state index in [1.807, 2.05) is 17.4 Å². The summed E-state index contributed by atoms with van der Waals surface area (Å²) in [5.41, 5.74) is 1.34. The molecule has 1 heterocycles. The molecule has 0 amide bonds. The van der Waals surface area contributed by atoms with E-state index in [1.54, 1.807) is 0 Å². The molecule has 0 bridgehead atoms. The summed E-state index contributed by atoms with van der Waals surface area (Å²) >= 11 is 5.29. The van der Waals surface area contributed by atoms with Crippen molar-refractivity contribution in [2.45, 2.75) is 13.0 Å². The molecule has 0 radical (unpaired) electrons. The molecule has 0 saturated heterocycles. The van der Waals surface area contributed by atoms with Gasteiger partial charge in [-0.05, 0) is 40.0 Å². The largest absolute Gasteiger partial charge is 0.312 e. The van der Waals surface area contributed by atoms with Gasteiger partial charge in [0.2, 0.25) is 0 Å². The minimum absolute atomic E-state index is 0. The summed E-state index contributed by atoms with van der Waals surface area (Å²) in [5.74, 6) is 0. The minimum Gasteiger partial charge on any atom is -0.312 e. The van der Waals surface area contributed by atoms with Crippen molar-refractivity contribution in [3.63, 3.8) is 0 Å². The van der Waals surface area contributed by atoms with Gasteiger partial charge < -0.3 is 5.32 Å². The van der Waals surface area contributed by atoms with Crippen molar-refractivity contribution >= 4 is 39.7 Å². The van der Waals surface area contributed by atoms with Gasteiger partial charge in [0.15, 0.2) is 0 Å². The predicted octanol–water partition coefficient (Wildman–Crippen LogP) is 4.26. The average molecular weight is 333 g/mol. The SMILES string of the molecule is Brc1ccc(CCNCc2ccccc2)s1.Cl. The molecule has 2 rings (SSSR count). The predicted molar refractivity (Wildman–Crippen MR) is 81.1 cm³/mol. The van der Waals surface area contributed by atoms with E-state index in [-0.39, 0.29) is 12.4 Å². The molecule has 0 aliphatic rings. The zero-order valence-electron chi connectivity index (χ0n) is 9.36. The Morgan fingerprint density at radius 1 is 1.06 bits per heavy atom. The molecule has 0 fully saturated rings. The number of rotatable bonds is 5. The number of hydrogen-bond donors (Lipinski definition) is 1. The summed E-state index contributed by atoms with van der Waals surface area (Å²) in [5, 5.41) is 3.45. The number of hydrogen-bond acceptors (Lipinski definition) is 2. The van der Waals surface area contributed by atoms with E-state index in [0.717, 1.165) is 19.5 Å². The first-order valence-electron chi connectivity index (χ1n) is 5.33. The van der Waals surface area contributed by atoms with Crippen LogP contribution < -0.4 is 5.32 Å². The molecule has 0 aliphatic carbocycles. The van der Waals surface area contributed by atoms with E-state index < -0.39 is 0 Å². The summed E-state index contributed by atoms with van der Waals surface area (Å²) in [6, 6.07) is 14.8. The van der Waals surface area contributed by atoms with Crippen molar-refractivity contribution < 1.29 is 0 Å². The van der Waals surface area contributed by atoms with Crippen LogP contribution in [0.25, 0.3) is 0 Å². The average Bonchev–Trinajstić information content (AvgIpc) is 2.72. The van der Waals surface area contributed by atoms with Crippen LogP contribution >= 0.6 is 39.7 Å². The Kier molecular flexibility index (Phi) is 6.82. The summed E-state index contributed by atoms with van der Waals surface area (Å²) in [6.45, 7) is 1.98. The number of benzene rings is 1. The molecule has 1 aromatic heterocycles. The lowest BCUT2D eigenvalue weighted by Crippen LogP contribution is -2.16. The highest BCUT2D eigenvalue weighted by atomic mass is 79.9. The first kappa shape index (κ1) is 14.7. The highest BCUT2D eigenvalue weighted by molar-refractivity contribution is 9.11. The fourth-order valence-electron chi connectivity index (χ4n) is 1.53. The van der Waals surface area contributed by atoms with Crippen LogP contribution in [0.5, 0.6) is 0 Å². The highest BCUT2D eigenvalue weighted by Crippen LogP contribution is 2.22. The monoisotopic (exact) mass is 331 g/mol. The van der Waals surface area contributed by atoms with Gasteiger partial charge in [0.25, 0.3) is 0 Å². The van der Waals surface area contributed by atoms with Crippen molar-refractivity contribution in [1.82, 2.24) is 5.32 Å². The third kappa shape index (κ3) is 5.21. The molecule has 92 valence electrons. The number of nitrogens with one attached hydrogen (secondary N) is 1. The van der Waals surface area contributed by atoms with Gasteiger partial charge in [-0.25, -0.2) is 0 Å². The van der Waals surface area contributed by atoms with E-state index >= 15 is 0 Å². The lowest BCUT2D eigenvalue weighted by Gasteiger charge is -2.03. The van der Waals surface area contributed by atoms with E-state index in [1.165, 1.54) is 14.2 Å². The zero-order chi connectivity index (χ0) is 11.2. The quantitative estimate of drug-likeness (QED) is 0.807. The van der Waals surface area contributed by atoms with E-state index in [0.29, 0.717) is 0 Å². The molecule has 1 N–H and O–H groups in total. The Morgan fingerprint density at radius 2 is 1.82 bits per heavy atom. The van der Waals surface area contributed by atoms with Crippen LogP contribution in [0.15, 0.2) is 46.3 Å². The Labute approximate surface area is 121 Å². The summed E-state index contributed by atoms with van der Waals surface area (Å²) in [6.07, 6.45) is 1.10. The lowest BCUT2D eigenvalue weighted by atomic mass is 10.2. The van der Waals surface area contributed by atoms with Crippen molar-refractivity contribution in [2.75, 3.05) is 6.54 Å². The maximum Gasteiger partial charge on any atom is 0.0701 e. The van der Waals surface area contributed by atoms with E-state index in [9.17, 15) is 0 Å². The molecule has 0 unspecified atom stereocenters. The van der Waals surface area contributed by atoms with Crippen LogP contribution in [0.4, 0.5) is 0 Å². The van der Waals surface area contributed by atoms with Gasteiger partial charge in [0.1, 0.15) is 0 Å². The van der Waals surface area contributed by atoms with Gasteiger partial charge in [0.05, 0.1) is 3.79 Å². The Morgan fingerprint density at radius 3 is 2.47 bits per heavy atom. The molecule has 0 spiro atoms. The number of thiophene rings is 1. The minimum atomic E-state index is 0. The van der Waals surface area contributed by atoms with Gasteiger partial charge >= 0.3 is 0 Å². The molecule has 1 nitrogen and oxygen atoms in total. The first-order chi connectivity index (χ1) is 7.84. The molecule has 2 aromatic rings. The van der Waals surface area contributed by atoms with Crippen LogP contribution in [0.2, 0.25) is 0 Å². The molecular formula is C13H15BrClNS. The van der Waals surface area contributed by atoms with Gasteiger partial charge in [-0.3, -0.25) is 0 Å². The Bertz CT molecular complexity index is 430. The van der Waals surface area contributed by atoms with Gasteiger partial charge in [-0.2, -0.15) is 0 Å². The maximum absolute atomic E-state index is 3.48. The molecular weight excluding hydrogens is 318 g/mol. The molecule has 0 atom stereocenters. The number of halogens is 2. The Balaban J connectivity index is 0.00000144. The zero-order valence-corrected chi connectivity index (χ0v) is 12.6. The normalized spacial score (nSPS) is 9.94. The molecule has 0 saturated carbocycles. The van der Waals surface area contributed by atoms with Crippen molar-refractivity contribution in [3.8, 4) is 0 Å². The fraction of sp³-hybridized carbons (Fsp3) is 0.231. The smallest absolute Gasteiger partial charge is 0.0701 e.